The fourth-order valence-corrected chi connectivity index (χ4v) is 3.99. The molecule has 1 aromatic rings. The quantitative estimate of drug-likeness (QED) is 0.858. The van der Waals surface area contributed by atoms with Gasteiger partial charge in [-0.3, -0.25) is 4.98 Å². The van der Waals surface area contributed by atoms with Crippen molar-refractivity contribution in [1.29, 1.82) is 0 Å². The Morgan fingerprint density at radius 1 is 1.14 bits per heavy atom. The molecule has 4 heteroatoms. The molecular weight excluding hydrogens is 272 g/mol. The van der Waals surface area contributed by atoms with Crippen LogP contribution in [0.1, 0.15) is 50.4 Å². The van der Waals surface area contributed by atoms with Gasteiger partial charge in [0, 0.05) is 31.9 Å². The molecule has 122 valence electrons. The molecular formula is C18H30N4. The van der Waals surface area contributed by atoms with Crippen molar-refractivity contribution in [2.24, 2.45) is 5.92 Å². The second-order valence-electron chi connectivity index (χ2n) is 7.21. The predicted molar refractivity (Wildman–Crippen MR) is 91.3 cm³/mol. The van der Waals surface area contributed by atoms with Crippen LogP contribution < -0.4 is 4.90 Å². The Labute approximate surface area is 134 Å². The monoisotopic (exact) mass is 302 g/mol. The normalized spacial score (nSPS) is 27.1. The lowest BCUT2D eigenvalue weighted by Crippen LogP contribution is -2.45. The predicted octanol–water partition coefficient (Wildman–Crippen LogP) is 3.18. The van der Waals surface area contributed by atoms with Crippen LogP contribution in [0.15, 0.2) is 6.20 Å². The first-order valence-corrected chi connectivity index (χ1v) is 8.92. The van der Waals surface area contributed by atoms with E-state index in [1.54, 1.807) is 0 Å². The molecule has 4 nitrogen and oxygen atoms in total. The van der Waals surface area contributed by atoms with E-state index in [2.05, 4.69) is 28.6 Å². The molecule has 0 N–H and O–H groups in total. The number of nitrogens with zero attached hydrogens (tertiary/aromatic N) is 4. The van der Waals surface area contributed by atoms with Crippen LogP contribution in [-0.2, 0) is 0 Å². The Kier molecular flexibility index (Phi) is 4.97. The number of aromatic nitrogens is 2. The van der Waals surface area contributed by atoms with Gasteiger partial charge in [0.15, 0.2) is 0 Å². The molecule has 0 saturated carbocycles. The lowest BCUT2D eigenvalue weighted by molar-refractivity contribution is 0.130. The number of hydrogen-bond donors (Lipinski definition) is 0. The van der Waals surface area contributed by atoms with E-state index in [0.29, 0.717) is 0 Å². The highest BCUT2D eigenvalue weighted by Crippen LogP contribution is 2.26. The number of aryl methyl sites for hydroxylation is 2. The zero-order valence-electron chi connectivity index (χ0n) is 14.4. The lowest BCUT2D eigenvalue weighted by atomic mass is 9.94. The molecule has 0 spiro atoms. The van der Waals surface area contributed by atoms with Crippen LogP contribution in [0.5, 0.6) is 0 Å². The van der Waals surface area contributed by atoms with Crippen LogP contribution in [-0.4, -0.2) is 47.1 Å². The van der Waals surface area contributed by atoms with Gasteiger partial charge in [-0.15, -0.1) is 0 Å². The molecule has 2 atom stereocenters. The third kappa shape index (κ3) is 3.60. The minimum atomic E-state index is 0.768. The maximum Gasteiger partial charge on any atom is 0.150 e. The van der Waals surface area contributed by atoms with Gasteiger partial charge in [-0.2, -0.15) is 0 Å². The van der Waals surface area contributed by atoms with Gasteiger partial charge in [0.1, 0.15) is 5.82 Å². The minimum absolute atomic E-state index is 0.768. The van der Waals surface area contributed by atoms with E-state index in [-0.39, 0.29) is 0 Å². The minimum Gasteiger partial charge on any atom is -0.355 e. The molecule has 0 radical (unpaired) electrons. The van der Waals surface area contributed by atoms with E-state index >= 15 is 0 Å². The van der Waals surface area contributed by atoms with E-state index in [1.807, 2.05) is 13.1 Å². The molecule has 2 aliphatic heterocycles. The molecule has 3 heterocycles. The first kappa shape index (κ1) is 15.7. The lowest BCUT2D eigenvalue weighted by Gasteiger charge is -2.40. The smallest absolute Gasteiger partial charge is 0.150 e. The van der Waals surface area contributed by atoms with Crippen LogP contribution in [0, 0.1) is 19.8 Å². The standard InChI is InChI=1S/C18H30N4/c1-14-11-19-16(3)18(20-14)22-10-6-8-17(13-22)12-21-9-5-4-7-15(21)2/h11,15,17H,4-10,12-13H2,1-3H3. The molecule has 22 heavy (non-hydrogen) atoms. The van der Waals surface area contributed by atoms with Gasteiger partial charge in [-0.1, -0.05) is 6.42 Å². The fourth-order valence-electron chi connectivity index (χ4n) is 3.99. The Bertz CT molecular complexity index is 502. The van der Waals surface area contributed by atoms with Crippen molar-refractivity contribution in [1.82, 2.24) is 14.9 Å². The summed E-state index contributed by atoms with van der Waals surface area (Å²) in [4.78, 5) is 14.4. The van der Waals surface area contributed by atoms with Crippen molar-refractivity contribution in [3.63, 3.8) is 0 Å². The largest absolute Gasteiger partial charge is 0.355 e. The number of anilines is 1. The molecule has 2 unspecified atom stereocenters. The maximum atomic E-state index is 4.74. The van der Waals surface area contributed by atoms with Gasteiger partial charge < -0.3 is 9.80 Å². The number of hydrogen-bond acceptors (Lipinski definition) is 4. The molecule has 0 bridgehead atoms. The zero-order chi connectivity index (χ0) is 15.5. The third-order valence-electron chi connectivity index (χ3n) is 5.30. The van der Waals surface area contributed by atoms with Crippen molar-refractivity contribution in [3.8, 4) is 0 Å². The SMILES string of the molecule is Cc1cnc(C)c(N2CCCC(CN3CCCCC3C)C2)n1. The first-order chi connectivity index (χ1) is 10.6. The average Bonchev–Trinajstić information content (AvgIpc) is 2.52. The number of likely N-dealkylation sites (tertiary alicyclic amines) is 1. The Morgan fingerprint density at radius 2 is 2.00 bits per heavy atom. The summed E-state index contributed by atoms with van der Waals surface area (Å²) >= 11 is 0. The molecule has 3 rings (SSSR count). The van der Waals surface area contributed by atoms with Gasteiger partial charge in [0.05, 0.1) is 11.4 Å². The summed E-state index contributed by atoms with van der Waals surface area (Å²) in [6, 6.07) is 0.768. The topological polar surface area (TPSA) is 32.3 Å². The second-order valence-corrected chi connectivity index (χ2v) is 7.21. The van der Waals surface area contributed by atoms with Gasteiger partial charge in [0.25, 0.3) is 0 Å². The van der Waals surface area contributed by atoms with E-state index in [1.165, 1.54) is 45.2 Å². The van der Waals surface area contributed by atoms with Crippen molar-refractivity contribution in [3.05, 3.63) is 17.6 Å². The van der Waals surface area contributed by atoms with Crippen molar-refractivity contribution >= 4 is 5.82 Å². The van der Waals surface area contributed by atoms with Crippen LogP contribution >= 0.6 is 0 Å². The van der Waals surface area contributed by atoms with E-state index in [4.69, 9.17) is 4.98 Å². The van der Waals surface area contributed by atoms with Crippen LogP contribution in [0.3, 0.4) is 0 Å². The average molecular weight is 302 g/mol. The Morgan fingerprint density at radius 3 is 2.82 bits per heavy atom. The zero-order valence-corrected chi connectivity index (χ0v) is 14.4. The first-order valence-electron chi connectivity index (χ1n) is 8.92. The third-order valence-corrected chi connectivity index (χ3v) is 5.30. The second kappa shape index (κ2) is 6.95. The van der Waals surface area contributed by atoms with Crippen molar-refractivity contribution < 1.29 is 0 Å². The highest BCUT2D eigenvalue weighted by Gasteiger charge is 2.26. The number of piperidine rings is 2. The fraction of sp³-hybridized carbons (Fsp3) is 0.778. The van der Waals surface area contributed by atoms with Crippen LogP contribution in [0.2, 0.25) is 0 Å². The highest BCUT2D eigenvalue weighted by molar-refractivity contribution is 5.43. The molecule has 1 aromatic heterocycles. The van der Waals surface area contributed by atoms with Gasteiger partial charge in [-0.25, -0.2) is 4.98 Å². The van der Waals surface area contributed by atoms with Gasteiger partial charge in [0.2, 0.25) is 0 Å². The van der Waals surface area contributed by atoms with Crippen molar-refractivity contribution in [2.45, 2.75) is 58.9 Å². The maximum absolute atomic E-state index is 4.74. The molecule has 0 aliphatic carbocycles. The summed E-state index contributed by atoms with van der Waals surface area (Å²) in [7, 11) is 0. The Balaban J connectivity index is 1.65. The summed E-state index contributed by atoms with van der Waals surface area (Å²) in [6.45, 7) is 11.3. The van der Waals surface area contributed by atoms with Gasteiger partial charge >= 0.3 is 0 Å². The number of rotatable bonds is 3. The summed E-state index contributed by atoms with van der Waals surface area (Å²) < 4.78 is 0. The van der Waals surface area contributed by atoms with E-state index in [0.717, 1.165) is 42.3 Å². The molecule has 0 amide bonds. The summed E-state index contributed by atoms with van der Waals surface area (Å²) in [5, 5.41) is 0. The summed E-state index contributed by atoms with van der Waals surface area (Å²) in [5.41, 5.74) is 2.09. The summed E-state index contributed by atoms with van der Waals surface area (Å²) in [5.74, 6) is 1.88. The molecule has 2 fully saturated rings. The van der Waals surface area contributed by atoms with E-state index in [9.17, 15) is 0 Å². The molecule has 2 saturated heterocycles. The molecule has 0 aromatic carbocycles. The van der Waals surface area contributed by atoms with Crippen LogP contribution in [0.25, 0.3) is 0 Å². The summed E-state index contributed by atoms with van der Waals surface area (Å²) in [6.07, 6.45) is 8.67. The van der Waals surface area contributed by atoms with Crippen molar-refractivity contribution in [2.75, 3.05) is 31.1 Å². The molecule has 2 aliphatic rings. The van der Waals surface area contributed by atoms with Crippen LogP contribution in [0.4, 0.5) is 5.82 Å². The highest BCUT2D eigenvalue weighted by atomic mass is 15.2. The van der Waals surface area contributed by atoms with Gasteiger partial charge in [-0.05, 0) is 58.9 Å². The van der Waals surface area contributed by atoms with E-state index < -0.39 is 0 Å². The Hall–Kier alpha value is -1.16.